The number of nitrogens with two attached hydrogens (primary N) is 1. The summed E-state index contributed by atoms with van der Waals surface area (Å²) in [6.07, 6.45) is 1.74. The maximum atomic E-state index is 12.0. The lowest BCUT2D eigenvalue weighted by Gasteiger charge is -2.16. The normalized spacial score (nSPS) is 16.9. The van der Waals surface area contributed by atoms with Crippen LogP contribution in [0.15, 0.2) is 24.3 Å². The molecule has 1 fully saturated rings. The molecule has 0 aromatic heterocycles. The van der Waals surface area contributed by atoms with Gasteiger partial charge in [-0.1, -0.05) is 29.8 Å². The third-order valence-electron chi connectivity index (χ3n) is 3.00. The smallest absolute Gasteiger partial charge is 0.230 e. The summed E-state index contributed by atoms with van der Waals surface area (Å²) in [5.74, 6) is 0.0473. The molecule has 0 aliphatic heterocycles. The van der Waals surface area contributed by atoms with Gasteiger partial charge in [-0.05, 0) is 24.5 Å². The van der Waals surface area contributed by atoms with Gasteiger partial charge in [0.15, 0.2) is 0 Å². The summed E-state index contributed by atoms with van der Waals surface area (Å²) >= 11 is 6.12. The van der Waals surface area contributed by atoms with Crippen molar-refractivity contribution < 1.29 is 4.79 Å². The second-order valence-electron chi connectivity index (χ2n) is 4.11. The lowest BCUT2D eigenvalue weighted by Crippen LogP contribution is -2.37. The van der Waals surface area contributed by atoms with Crippen LogP contribution < -0.4 is 11.1 Å². The van der Waals surface area contributed by atoms with E-state index in [0.717, 1.165) is 18.4 Å². The first-order chi connectivity index (χ1) is 7.70. The van der Waals surface area contributed by atoms with Gasteiger partial charge in [0.25, 0.3) is 0 Å². The molecule has 3 nitrogen and oxygen atoms in total. The number of amides is 1. The number of carbonyl (C=O) groups is 1. The largest absolute Gasteiger partial charge is 0.354 e. The summed E-state index contributed by atoms with van der Waals surface area (Å²) in [5, 5.41) is 3.51. The molecule has 0 spiro atoms. The van der Waals surface area contributed by atoms with Gasteiger partial charge >= 0.3 is 0 Å². The number of hydrogen-bond donors (Lipinski definition) is 2. The van der Waals surface area contributed by atoms with Crippen molar-refractivity contribution in [2.24, 2.45) is 5.73 Å². The summed E-state index contributed by atoms with van der Waals surface area (Å²) in [7, 11) is 0. The molecule has 1 aromatic rings. The first-order valence-corrected chi connectivity index (χ1v) is 5.82. The molecule has 1 saturated carbocycles. The minimum atomic E-state index is -0.395. The van der Waals surface area contributed by atoms with Crippen molar-refractivity contribution in [3.63, 3.8) is 0 Å². The molecule has 0 heterocycles. The van der Waals surface area contributed by atoms with Gasteiger partial charge in [-0.3, -0.25) is 4.79 Å². The van der Waals surface area contributed by atoms with Crippen LogP contribution >= 0.6 is 11.6 Å². The van der Waals surface area contributed by atoms with Gasteiger partial charge in [0, 0.05) is 18.1 Å². The predicted molar refractivity (Wildman–Crippen MR) is 64.4 cm³/mol. The molecular weight excluding hydrogens is 224 g/mol. The van der Waals surface area contributed by atoms with Gasteiger partial charge < -0.3 is 11.1 Å². The zero-order chi connectivity index (χ0) is 11.6. The van der Waals surface area contributed by atoms with Gasteiger partial charge in [0.1, 0.15) is 0 Å². The first-order valence-electron chi connectivity index (χ1n) is 5.44. The Balaban J connectivity index is 2.20. The minimum absolute atomic E-state index is 0.0473. The van der Waals surface area contributed by atoms with E-state index in [-0.39, 0.29) is 5.91 Å². The topological polar surface area (TPSA) is 55.1 Å². The molecule has 0 bridgehead atoms. The van der Waals surface area contributed by atoms with E-state index in [1.54, 1.807) is 0 Å². The molecule has 0 atom stereocenters. The molecule has 4 heteroatoms. The standard InChI is InChI=1S/C12H15ClN2O/c13-10-4-2-1-3-9(10)12(5-6-12)11(16)15-8-7-14/h1-4H,5-8,14H2,(H,15,16). The van der Waals surface area contributed by atoms with Crippen LogP contribution in [0.2, 0.25) is 5.02 Å². The average Bonchev–Trinajstić information content (AvgIpc) is 3.08. The fraction of sp³-hybridized carbons (Fsp3) is 0.417. The lowest BCUT2D eigenvalue weighted by atomic mass is 9.95. The second-order valence-corrected chi connectivity index (χ2v) is 4.51. The van der Waals surface area contributed by atoms with Gasteiger partial charge in [0.2, 0.25) is 5.91 Å². The number of carbonyl (C=O) groups excluding carboxylic acids is 1. The van der Waals surface area contributed by atoms with E-state index in [1.165, 1.54) is 0 Å². The van der Waals surface area contributed by atoms with Crippen molar-refractivity contribution in [1.29, 1.82) is 0 Å². The van der Waals surface area contributed by atoms with Gasteiger partial charge in [0.05, 0.1) is 5.41 Å². The maximum Gasteiger partial charge on any atom is 0.230 e. The van der Waals surface area contributed by atoms with Crippen LogP contribution in [-0.2, 0) is 10.2 Å². The molecular formula is C12H15ClN2O. The van der Waals surface area contributed by atoms with Crippen LogP contribution in [0, 0.1) is 0 Å². The van der Waals surface area contributed by atoms with Crippen LogP contribution in [0.5, 0.6) is 0 Å². The van der Waals surface area contributed by atoms with Gasteiger partial charge in [-0.2, -0.15) is 0 Å². The Hall–Kier alpha value is -1.06. The summed E-state index contributed by atoms with van der Waals surface area (Å²) in [6.45, 7) is 0.982. The Labute approximate surface area is 100.0 Å². The van der Waals surface area contributed by atoms with E-state index in [0.29, 0.717) is 18.1 Å². The molecule has 0 radical (unpaired) electrons. The highest BCUT2D eigenvalue weighted by Crippen LogP contribution is 2.50. The Morgan fingerprint density at radius 1 is 1.44 bits per heavy atom. The molecule has 1 amide bonds. The highest BCUT2D eigenvalue weighted by atomic mass is 35.5. The van der Waals surface area contributed by atoms with Gasteiger partial charge in [-0.25, -0.2) is 0 Å². The molecule has 0 unspecified atom stereocenters. The number of hydrogen-bond acceptors (Lipinski definition) is 2. The summed E-state index contributed by atoms with van der Waals surface area (Å²) in [5.41, 5.74) is 5.91. The van der Waals surface area contributed by atoms with Crippen molar-refractivity contribution in [1.82, 2.24) is 5.32 Å². The number of benzene rings is 1. The number of rotatable bonds is 4. The SMILES string of the molecule is NCCNC(=O)C1(c2ccccc2Cl)CC1. The number of nitrogens with one attached hydrogen (secondary N) is 1. The Bertz CT molecular complexity index is 402. The zero-order valence-corrected chi connectivity index (χ0v) is 9.76. The van der Waals surface area contributed by atoms with Crippen LogP contribution in [0.3, 0.4) is 0 Å². The van der Waals surface area contributed by atoms with Crippen LogP contribution in [-0.4, -0.2) is 19.0 Å². The molecule has 1 aromatic carbocycles. The van der Waals surface area contributed by atoms with E-state index in [2.05, 4.69) is 5.32 Å². The van der Waals surface area contributed by atoms with E-state index in [9.17, 15) is 4.79 Å². The van der Waals surface area contributed by atoms with E-state index in [1.807, 2.05) is 24.3 Å². The molecule has 16 heavy (non-hydrogen) atoms. The third kappa shape index (κ3) is 1.93. The minimum Gasteiger partial charge on any atom is -0.354 e. The maximum absolute atomic E-state index is 12.0. The fourth-order valence-electron chi connectivity index (χ4n) is 1.95. The third-order valence-corrected chi connectivity index (χ3v) is 3.33. The van der Waals surface area contributed by atoms with E-state index >= 15 is 0 Å². The van der Waals surface area contributed by atoms with Crippen molar-refractivity contribution in [3.8, 4) is 0 Å². The zero-order valence-electron chi connectivity index (χ0n) is 9.00. The van der Waals surface area contributed by atoms with Crippen molar-refractivity contribution >= 4 is 17.5 Å². The summed E-state index contributed by atoms with van der Waals surface area (Å²) in [6, 6.07) is 7.54. The average molecular weight is 239 g/mol. The molecule has 1 aliphatic rings. The number of halogens is 1. The van der Waals surface area contributed by atoms with Crippen molar-refractivity contribution in [3.05, 3.63) is 34.9 Å². The molecule has 3 N–H and O–H groups in total. The van der Waals surface area contributed by atoms with Crippen LogP contribution in [0.1, 0.15) is 18.4 Å². The first kappa shape index (κ1) is 11.4. The highest BCUT2D eigenvalue weighted by molar-refractivity contribution is 6.31. The molecule has 0 saturated heterocycles. The molecule has 86 valence electrons. The second kappa shape index (κ2) is 4.44. The van der Waals surface area contributed by atoms with Crippen LogP contribution in [0.4, 0.5) is 0 Å². The fourth-order valence-corrected chi connectivity index (χ4v) is 2.26. The summed E-state index contributed by atoms with van der Waals surface area (Å²) in [4.78, 5) is 12.0. The van der Waals surface area contributed by atoms with Crippen molar-refractivity contribution in [2.75, 3.05) is 13.1 Å². The summed E-state index contributed by atoms with van der Waals surface area (Å²) < 4.78 is 0. The molecule has 1 aliphatic carbocycles. The van der Waals surface area contributed by atoms with Crippen molar-refractivity contribution in [2.45, 2.75) is 18.3 Å². The lowest BCUT2D eigenvalue weighted by molar-refractivity contribution is -0.123. The predicted octanol–water partition coefficient (Wildman–Crippen LogP) is 1.45. The Morgan fingerprint density at radius 3 is 2.69 bits per heavy atom. The quantitative estimate of drug-likeness (QED) is 0.834. The van der Waals surface area contributed by atoms with E-state index < -0.39 is 5.41 Å². The van der Waals surface area contributed by atoms with E-state index in [4.69, 9.17) is 17.3 Å². The Kier molecular flexibility index (Phi) is 3.17. The monoisotopic (exact) mass is 238 g/mol. The van der Waals surface area contributed by atoms with Gasteiger partial charge in [-0.15, -0.1) is 0 Å². The Morgan fingerprint density at radius 2 is 2.12 bits per heavy atom. The molecule has 2 rings (SSSR count). The highest BCUT2D eigenvalue weighted by Gasteiger charge is 2.51. The van der Waals surface area contributed by atoms with Crippen LogP contribution in [0.25, 0.3) is 0 Å².